The van der Waals surface area contributed by atoms with E-state index in [1.807, 2.05) is 12.1 Å². The van der Waals surface area contributed by atoms with Gasteiger partial charge in [0.2, 0.25) is 5.95 Å². The number of pyridine rings is 1. The van der Waals surface area contributed by atoms with Gasteiger partial charge in [-0.05, 0) is 68.6 Å². The summed E-state index contributed by atoms with van der Waals surface area (Å²) in [5.41, 5.74) is 1.92. The summed E-state index contributed by atoms with van der Waals surface area (Å²) in [5, 5.41) is 15.3. The largest absolute Gasteiger partial charge is 0.393 e. The molecule has 2 saturated heterocycles. The predicted molar refractivity (Wildman–Crippen MR) is 144 cm³/mol. The molecule has 7 rings (SSSR count). The second-order valence-electron chi connectivity index (χ2n) is 12.3. The van der Waals surface area contributed by atoms with E-state index in [0.29, 0.717) is 42.1 Å². The molecule has 0 atom stereocenters. The third kappa shape index (κ3) is 4.70. The van der Waals surface area contributed by atoms with Crippen molar-refractivity contribution >= 4 is 27.8 Å². The third-order valence-electron chi connectivity index (χ3n) is 9.41. The Hall–Kier alpha value is -2.69. The van der Waals surface area contributed by atoms with E-state index in [0.717, 1.165) is 62.0 Å². The van der Waals surface area contributed by atoms with Gasteiger partial charge in [0.1, 0.15) is 5.65 Å². The topological polar surface area (TPSA) is 92.5 Å². The fourth-order valence-corrected chi connectivity index (χ4v) is 6.87. The number of halogens is 2. The van der Waals surface area contributed by atoms with Crippen LogP contribution in [-0.4, -0.2) is 68.9 Å². The Balaban J connectivity index is 1.24. The summed E-state index contributed by atoms with van der Waals surface area (Å²) in [6, 6.07) is 5.63. The first-order valence-corrected chi connectivity index (χ1v) is 14.2. The van der Waals surface area contributed by atoms with Crippen LogP contribution in [0.15, 0.2) is 29.2 Å². The molecule has 0 bridgehead atoms. The van der Waals surface area contributed by atoms with Crippen LogP contribution in [0.5, 0.6) is 0 Å². The zero-order valence-electron chi connectivity index (χ0n) is 22.0. The van der Waals surface area contributed by atoms with Crippen LogP contribution in [-0.2, 0) is 11.3 Å². The number of aromatic nitrogens is 3. The van der Waals surface area contributed by atoms with Crippen molar-refractivity contribution < 1.29 is 18.6 Å². The first-order chi connectivity index (χ1) is 18.8. The fourth-order valence-electron chi connectivity index (χ4n) is 6.87. The summed E-state index contributed by atoms with van der Waals surface area (Å²) in [4.78, 5) is 25.7. The minimum atomic E-state index is -2.64. The number of rotatable bonds is 5. The van der Waals surface area contributed by atoms with Gasteiger partial charge in [-0.1, -0.05) is 12.1 Å². The van der Waals surface area contributed by atoms with E-state index in [1.54, 1.807) is 10.8 Å². The van der Waals surface area contributed by atoms with E-state index in [2.05, 4.69) is 21.3 Å². The Morgan fingerprint density at radius 2 is 1.79 bits per heavy atom. The molecule has 1 spiro atoms. The van der Waals surface area contributed by atoms with Crippen LogP contribution in [0.3, 0.4) is 0 Å². The quantitative estimate of drug-likeness (QED) is 0.469. The van der Waals surface area contributed by atoms with Crippen molar-refractivity contribution in [2.24, 2.45) is 5.41 Å². The molecule has 0 unspecified atom stereocenters. The highest BCUT2D eigenvalue weighted by Gasteiger charge is 2.45. The van der Waals surface area contributed by atoms with E-state index >= 15 is 0 Å². The zero-order chi connectivity index (χ0) is 26.8. The SMILES string of the molecule is O=c1c2cc(CN3CCC4(CC3)COC4)ccc2c2cnc(NC3CC(F)(F)C3)nc2n1[C@H]1CC[C@H](O)CC1. The Kier molecular flexibility index (Phi) is 6.13. The summed E-state index contributed by atoms with van der Waals surface area (Å²) < 4.78 is 34.0. The summed E-state index contributed by atoms with van der Waals surface area (Å²) in [7, 11) is 0. The number of hydrogen-bond donors (Lipinski definition) is 2. The van der Waals surface area contributed by atoms with Gasteiger partial charge < -0.3 is 15.2 Å². The number of likely N-dealkylation sites (tertiary alicyclic amines) is 1. The van der Waals surface area contributed by atoms with Crippen molar-refractivity contribution in [1.29, 1.82) is 0 Å². The van der Waals surface area contributed by atoms with Crippen molar-refractivity contribution in [2.45, 2.75) is 82.0 Å². The molecule has 208 valence electrons. The number of benzene rings is 1. The lowest BCUT2D eigenvalue weighted by atomic mass is 9.77. The standard InChI is InChI=1S/C29H35F2N5O3/c30-29(31)12-19(13-29)33-27-32-14-24-22-6-1-18(15-35-9-7-28(8-10-35)16-39-17-28)11-23(22)26(38)36(25(24)34-27)20-2-4-21(37)5-3-20/h1,6,11,14,19-21,37H,2-5,7-10,12-13,15-17H2,(H,32,33,34)/t20-,21-. The molecule has 2 N–H and O–H groups in total. The first-order valence-electron chi connectivity index (χ1n) is 14.2. The molecule has 39 heavy (non-hydrogen) atoms. The molecule has 4 heterocycles. The minimum Gasteiger partial charge on any atom is -0.393 e. The third-order valence-corrected chi connectivity index (χ3v) is 9.41. The van der Waals surface area contributed by atoms with E-state index in [-0.39, 0.29) is 42.5 Å². The molecule has 0 radical (unpaired) electrons. The van der Waals surface area contributed by atoms with Gasteiger partial charge in [0, 0.05) is 53.9 Å². The summed E-state index contributed by atoms with van der Waals surface area (Å²) in [6.45, 7) is 4.63. The van der Waals surface area contributed by atoms with Crippen molar-refractivity contribution in [3.63, 3.8) is 0 Å². The molecule has 8 nitrogen and oxygen atoms in total. The van der Waals surface area contributed by atoms with E-state index in [4.69, 9.17) is 9.72 Å². The number of hydrogen-bond acceptors (Lipinski definition) is 7. The van der Waals surface area contributed by atoms with Crippen LogP contribution in [0.1, 0.15) is 63.0 Å². The molecule has 2 aliphatic heterocycles. The molecule has 2 aromatic heterocycles. The van der Waals surface area contributed by atoms with Gasteiger partial charge in [-0.25, -0.2) is 13.8 Å². The summed E-state index contributed by atoms with van der Waals surface area (Å²) in [6.07, 6.45) is 5.80. The van der Waals surface area contributed by atoms with Crippen LogP contribution in [0.25, 0.3) is 21.8 Å². The predicted octanol–water partition coefficient (Wildman–Crippen LogP) is 4.24. The fraction of sp³-hybridized carbons (Fsp3) is 0.621. The summed E-state index contributed by atoms with van der Waals surface area (Å²) in [5.74, 6) is -2.38. The normalized spacial score (nSPS) is 26.9. The molecule has 4 aliphatic rings. The van der Waals surface area contributed by atoms with Gasteiger partial charge in [-0.3, -0.25) is 14.3 Å². The Bertz CT molecular complexity index is 1450. The molecular weight excluding hydrogens is 504 g/mol. The van der Waals surface area contributed by atoms with Crippen LogP contribution < -0.4 is 10.9 Å². The van der Waals surface area contributed by atoms with E-state index in [1.165, 1.54) is 0 Å². The van der Waals surface area contributed by atoms with Gasteiger partial charge in [0.15, 0.2) is 0 Å². The van der Waals surface area contributed by atoms with Crippen LogP contribution in [0.4, 0.5) is 14.7 Å². The number of fused-ring (bicyclic) bond motifs is 3. The number of piperidine rings is 1. The van der Waals surface area contributed by atoms with Crippen LogP contribution in [0.2, 0.25) is 0 Å². The maximum absolute atomic E-state index is 14.1. The van der Waals surface area contributed by atoms with Crippen molar-refractivity contribution in [3.05, 3.63) is 40.3 Å². The van der Waals surface area contributed by atoms with E-state index in [9.17, 15) is 18.7 Å². The smallest absolute Gasteiger partial charge is 0.260 e. The average molecular weight is 540 g/mol. The van der Waals surface area contributed by atoms with E-state index < -0.39 is 5.92 Å². The Morgan fingerprint density at radius 3 is 2.46 bits per heavy atom. The van der Waals surface area contributed by atoms with Crippen molar-refractivity contribution in [2.75, 3.05) is 31.6 Å². The highest BCUT2D eigenvalue weighted by molar-refractivity contribution is 6.04. The minimum absolute atomic E-state index is 0.0878. The average Bonchev–Trinajstić information content (AvgIpc) is 2.88. The van der Waals surface area contributed by atoms with Gasteiger partial charge in [0.25, 0.3) is 11.5 Å². The van der Waals surface area contributed by atoms with Gasteiger partial charge in [0.05, 0.1) is 19.3 Å². The number of alkyl halides is 2. The van der Waals surface area contributed by atoms with Crippen molar-refractivity contribution in [1.82, 2.24) is 19.4 Å². The second kappa shape index (κ2) is 9.45. The lowest BCUT2D eigenvalue weighted by molar-refractivity contribution is -0.140. The molecule has 2 aliphatic carbocycles. The second-order valence-corrected chi connectivity index (χ2v) is 12.3. The first kappa shape index (κ1) is 25.3. The molecular formula is C29H35F2N5O3. The number of nitrogens with zero attached hydrogens (tertiary/aromatic N) is 4. The number of nitrogens with one attached hydrogen (secondary N) is 1. The highest BCUT2D eigenvalue weighted by Crippen LogP contribution is 2.40. The molecule has 0 amide bonds. The molecule has 4 fully saturated rings. The Labute approximate surface area is 225 Å². The van der Waals surface area contributed by atoms with Gasteiger partial charge >= 0.3 is 0 Å². The highest BCUT2D eigenvalue weighted by atomic mass is 19.3. The number of anilines is 1. The lowest BCUT2D eigenvalue weighted by Crippen LogP contribution is -2.50. The number of ether oxygens (including phenoxy) is 1. The maximum Gasteiger partial charge on any atom is 0.260 e. The summed E-state index contributed by atoms with van der Waals surface area (Å²) >= 11 is 0. The molecule has 2 saturated carbocycles. The molecule has 3 aromatic rings. The number of aliphatic hydroxyl groups is 1. The molecule has 10 heteroatoms. The van der Waals surface area contributed by atoms with Crippen LogP contribution in [0, 0.1) is 5.41 Å². The Morgan fingerprint density at radius 1 is 1.05 bits per heavy atom. The van der Waals surface area contributed by atoms with Gasteiger partial charge in [-0.15, -0.1) is 0 Å². The molecule has 1 aromatic carbocycles. The lowest BCUT2D eigenvalue weighted by Gasteiger charge is -2.47. The van der Waals surface area contributed by atoms with Crippen LogP contribution >= 0.6 is 0 Å². The number of aliphatic hydroxyl groups excluding tert-OH is 1. The van der Waals surface area contributed by atoms with Gasteiger partial charge in [-0.2, -0.15) is 4.98 Å². The maximum atomic E-state index is 14.1. The van der Waals surface area contributed by atoms with Crippen molar-refractivity contribution in [3.8, 4) is 0 Å². The monoisotopic (exact) mass is 539 g/mol. The zero-order valence-corrected chi connectivity index (χ0v) is 22.0.